The summed E-state index contributed by atoms with van der Waals surface area (Å²) in [6.07, 6.45) is 2.39. The molecule has 0 aliphatic rings. The van der Waals surface area contributed by atoms with E-state index in [4.69, 9.17) is 20.6 Å². The Kier molecular flexibility index (Phi) is 9.15. The summed E-state index contributed by atoms with van der Waals surface area (Å²) in [6.45, 7) is 3.79. The Bertz CT molecular complexity index is 628. The van der Waals surface area contributed by atoms with Crippen molar-refractivity contribution >= 4 is 12.4 Å². The maximum Gasteiger partial charge on any atom is 2.00 e. The summed E-state index contributed by atoms with van der Waals surface area (Å²) in [5.74, 6) is 0.238. The van der Waals surface area contributed by atoms with Crippen molar-refractivity contribution in [3.05, 3.63) is 58.7 Å². The Labute approximate surface area is 144 Å². The van der Waals surface area contributed by atoms with E-state index in [1.165, 1.54) is 12.4 Å². The third kappa shape index (κ3) is 6.86. The molecule has 0 aliphatic carbocycles. The fourth-order valence-electron chi connectivity index (χ4n) is 1.68. The van der Waals surface area contributed by atoms with E-state index < -0.39 is 0 Å². The van der Waals surface area contributed by atoms with Gasteiger partial charge in [-0.25, -0.2) is 0 Å². The monoisotopic (exact) mass is 357 g/mol. The Morgan fingerprint density at radius 3 is 1.39 bits per heavy atom. The molecule has 2 aromatic rings. The SMILES string of the molecule is Cc1ccc(O)c(C=NO)c1.Cc1ccc(O)c(C=NO)c1.[Mn+2]. The third-order valence-electron chi connectivity index (χ3n) is 2.76. The number of phenols is 2. The van der Waals surface area contributed by atoms with Gasteiger partial charge in [0.25, 0.3) is 0 Å². The molecule has 23 heavy (non-hydrogen) atoms. The van der Waals surface area contributed by atoms with Crippen LogP contribution in [0, 0.1) is 13.8 Å². The van der Waals surface area contributed by atoms with Gasteiger partial charge in [-0.3, -0.25) is 0 Å². The molecular formula is C16H18MnN2O4+2. The van der Waals surface area contributed by atoms with Crippen molar-refractivity contribution in [2.45, 2.75) is 13.8 Å². The van der Waals surface area contributed by atoms with E-state index in [1.807, 2.05) is 13.8 Å². The van der Waals surface area contributed by atoms with E-state index in [-0.39, 0.29) is 28.6 Å². The zero-order valence-corrected chi connectivity index (χ0v) is 13.9. The quantitative estimate of drug-likeness (QED) is 0.287. The van der Waals surface area contributed by atoms with Gasteiger partial charge in [0.1, 0.15) is 11.5 Å². The number of rotatable bonds is 2. The smallest absolute Gasteiger partial charge is 0.507 e. The zero-order chi connectivity index (χ0) is 16.5. The summed E-state index contributed by atoms with van der Waals surface area (Å²) in [7, 11) is 0. The molecule has 0 bridgehead atoms. The molecule has 0 aliphatic heterocycles. The normalized spacial score (nSPS) is 10.2. The van der Waals surface area contributed by atoms with Gasteiger partial charge in [-0.15, -0.1) is 0 Å². The van der Waals surface area contributed by atoms with Crippen LogP contribution in [0.25, 0.3) is 0 Å². The second kappa shape index (κ2) is 10.3. The number of oxime groups is 2. The second-order valence-electron chi connectivity index (χ2n) is 4.61. The van der Waals surface area contributed by atoms with Crippen LogP contribution in [0.4, 0.5) is 0 Å². The predicted molar refractivity (Wildman–Crippen MR) is 84.4 cm³/mol. The molecule has 2 aromatic carbocycles. The van der Waals surface area contributed by atoms with Gasteiger partial charge in [-0.2, -0.15) is 0 Å². The minimum absolute atomic E-state index is 0. The molecule has 121 valence electrons. The number of nitrogens with zero attached hydrogens (tertiary/aromatic N) is 2. The molecule has 4 N–H and O–H groups in total. The summed E-state index contributed by atoms with van der Waals surface area (Å²) >= 11 is 0. The summed E-state index contributed by atoms with van der Waals surface area (Å²) in [5, 5.41) is 40.4. The zero-order valence-electron chi connectivity index (χ0n) is 12.7. The van der Waals surface area contributed by atoms with Gasteiger partial charge < -0.3 is 20.6 Å². The maximum atomic E-state index is 9.16. The molecule has 0 saturated heterocycles. The first-order valence-electron chi connectivity index (χ1n) is 6.42. The van der Waals surface area contributed by atoms with Crippen molar-refractivity contribution in [3.8, 4) is 11.5 Å². The van der Waals surface area contributed by atoms with Crippen LogP contribution in [0.1, 0.15) is 22.3 Å². The van der Waals surface area contributed by atoms with Gasteiger partial charge in [0.15, 0.2) is 0 Å². The Balaban J connectivity index is 0.000000403. The molecule has 0 spiro atoms. The van der Waals surface area contributed by atoms with Gasteiger partial charge in [0, 0.05) is 11.1 Å². The summed E-state index contributed by atoms with van der Waals surface area (Å²) in [6, 6.07) is 10.1. The van der Waals surface area contributed by atoms with Gasteiger partial charge in [0.2, 0.25) is 0 Å². The third-order valence-corrected chi connectivity index (χ3v) is 2.76. The number of hydrogen-bond acceptors (Lipinski definition) is 6. The van der Waals surface area contributed by atoms with Crippen molar-refractivity contribution in [3.63, 3.8) is 0 Å². The topological polar surface area (TPSA) is 106 Å². The molecule has 2 rings (SSSR count). The standard InChI is InChI=1S/2C8H9NO2.Mn/c2*1-6-2-3-8(10)7(4-6)5-9-11;/h2*2-5,10-11H,1H3;/q;;+2. The fraction of sp³-hybridized carbons (Fsp3) is 0.125. The summed E-state index contributed by atoms with van der Waals surface area (Å²) < 4.78 is 0. The molecule has 0 atom stereocenters. The predicted octanol–water partition coefficient (Wildman–Crippen LogP) is 3.01. The fourth-order valence-corrected chi connectivity index (χ4v) is 1.68. The minimum Gasteiger partial charge on any atom is -0.507 e. The first-order chi connectivity index (χ1) is 10.5. The maximum absolute atomic E-state index is 9.16. The number of hydrogen-bond donors (Lipinski definition) is 4. The van der Waals surface area contributed by atoms with Crippen LogP contribution in [0.2, 0.25) is 0 Å². The number of aryl methyl sites for hydroxylation is 2. The largest absolute Gasteiger partial charge is 2.00 e. The van der Waals surface area contributed by atoms with Gasteiger partial charge in [-0.1, -0.05) is 33.6 Å². The number of aromatic hydroxyl groups is 2. The van der Waals surface area contributed by atoms with E-state index in [2.05, 4.69) is 10.3 Å². The van der Waals surface area contributed by atoms with E-state index in [0.29, 0.717) is 11.1 Å². The molecule has 0 fully saturated rings. The van der Waals surface area contributed by atoms with Gasteiger partial charge in [-0.05, 0) is 38.1 Å². The van der Waals surface area contributed by atoms with Crippen LogP contribution in [-0.2, 0) is 17.1 Å². The van der Waals surface area contributed by atoms with Crippen LogP contribution in [0.5, 0.6) is 11.5 Å². The molecule has 0 aromatic heterocycles. The van der Waals surface area contributed by atoms with Crippen molar-refractivity contribution < 1.29 is 37.7 Å². The van der Waals surface area contributed by atoms with Gasteiger partial charge in [0.05, 0.1) is 12.4 Å². The Morgan fingerprint density at radius 1 is 0.739 bits per heavy atom. The van der Waals surface area contributed by atoms with Crippen LogP contribution in [-0.4, -0.2) is 33.1 Å². The molecule has 0 saturated carbocycles. The summed E-state index contributed by atoms with van der Waals surface area (Å²) in [4.78, 5) is 0. The van der Waals surface area contributed by atoms with Gasteiger partial charge >= 0.3 is 17.1 Å². The Morgan fingerprint density at radius 2 is 1.09 bits per heavy atom. The van der Waals surface area contributed by atoms with Crippen LogP contribution >= 0.6 is 0 Å². The molecule has 0 unspecified atom stereocenters. The molecule has 7 heteroatoms. The van der Waals surface area contributed by atoms with E-state index in [0.717, 1.165) is 11.1 Å². The number of phenolic OH excluding ortho intramolecular Hbond substituents is 2. The first kappa shape index (κ1) is 20.5. The van der Waals surface area contributed by atoms with Crippen LogP contribution in [0.15, 0.2) is 46.7 Å². The summed E-state index contributed by atoms with van der Waals surface area (Å²) in [5.41, 5.74) is 3.07. The number of benzene rings is 2. The molecular weight excluding hydrogens is 339 g/mol. The Hall–Kier alpha value is -2.50. The van der Waals surface area contributed by atoms with Crippen molar-refractivity contribution in [2.24, 2.45) is 10.3 Å². The van der Waals surface area contributed by atoms with Crippen LogP contribution in [0.3, 0.4) is 0 Å². The molecule has 0 heterocycles. The van der Waals surface area contributed by atoms with Crippen LogP contribution < -0.4 is 0 Å². The molecule has 6 nitrogen and oxygen atoms in total. The average Bonchev–Trinajstić information content (AvgIpc) is 2.48. The van der Waals surface area contributed by atoms with Crippen molar-refractivity contribution in [2.75, 3.05) is 0 Å². The average molecular weight is 357 g/mol. The van der Waals surface area contributed by atoms with Crippen molar-refractivity contribution in [1.29, 1.82) is 0 Å². The second-order valence-corrected chi connectivity index (χ2v) is 4.61. The minimum atomic E-state index is 0. The molecule has 0 amide bonds. The molecule has 1 radical (unpaired) electrons. The van der Waals surface area contributed by atoms with E-state index in [9.17, 15) is 0 Å². The first-order valence-corrected chi connectivity index (χ1v) is 6.42. The van der Waals surface area contributed by atoms with Crippen molar-refractivity contribution in [1.82, 2.24) is 0 Å². The van der Waals surface area contributed by atoms with E-state index >= 15 is 0 Å². The van der Waals surface area contributed by atoms with E-state index in [1.54, 1.807) is 36.4 Å².